The maximum atomic E-state index is 11.8. The van der Waals surface area contributed by atoms with Crippen molar-refractivity contribution in [2.75, 3.05) is 13.2 Å². The van der Waals surface area contributed by atoms with Crippen molar-refractivity contribution >= 4 is 5.97 Å². The molecule has 4 atom stereocenters. The van der Waals surface area contributed by atoms with Crippen LogP contribution in [0.25, 0.3) is 0 Å². The first kappa shape index (κ1) is 28.3. The lowest BCUT2D eigenvalue weighted by atomic mass is 10.0. The van der Waals surface area contributed by atoms with Gasteiger partial charge in [0, 0.05) is 6.42 Å². The molecule has 0 amide bonds. The van der Waals surface area contributed by atoms with E-state index in [2.05, 4.69) is 6.92 Å². The third-order valence-corrected chi connectivity index (χ3v) is 6.13. The lowest BCUT2D eigenvalue weighted by molar-refractivity contribution is -0.253. The van der Waals surface area contributed by atoms with Crippen LogP contribution in [0.15, 0.2) is 0 Å². The zero-order valence-electron chi connectivity index (χ0n) is 19.5. The van der Waals surface area contributed by atoms with Gasteiger partial charge in [-0.1, -0.05) is 96.8 Å². The molecule has 1 rings (SSSR count). The number of hydrogen-bond acceptors (Lipinski definition) is 7. The highest BCUT2D eigenvalue weighted by atomic mass is 16.7. The summed E-state index contributed by atoms with van der Waals surface area (Å²) in [5, 5.41) is 38.7. The minimum atomic E-state index is -2.18. The van der Waals surface area contributed by atoms with E-state index in [1.54, 1.807) is 0 Å². The molecule has 0 unspecified atom stereocenters. The molecule has 184 valence electrons. The fraction of sp³-hybridized carbons (Fsp3) is 0.958. The van der Waals surface area contributed by atoms with E-state index < -0.39 is 43.3 Å². The molecule has 31 heavy (non-hydrogen) atoms. The molecular formula is C24H46O7. The van der Waals surface area contributed by atoms with Gasteiger partial charge in [-0.25, -0.2) is 0 Å². The Labute approximate surface area is 188 Å². The van der Waals surface area contributed by atoms with E-state index in [9.17, 15) is 20.1 Å². The van der Waals surface area contributed by atoms with Gasteiger partial charge in [0.05, 0.1) is 6.61 Å². The maximum absolute atomic E-state index is 11.8. The van der Waals surface area contributed by atoms with Crippen molar-refractivity contribution in [1.82, 2.24) is 0 Å². The van der Waals surface area contributed by atoms with Crippen molar-refractivity contribution in [3.8, 4) is 0 Å². The first-order valence-electron chi connectivity index (χ1n) is 12.5. The van der Waals surface area contributed by atoms with E-state index in [1.807, 2.05) is 0 Å². The minimum Gasteiger partial charge on any atom is -0.460 e. The number of carbonyl (C=O) groups is 1. The molecule has 1 aliphatic heterocycles. The van der Waals surface area contributed by atoms with Gasteiger partial charge >= 0.3 is 5.97 Å². The molecule has 0 bridgehead atoms. The van der Waals surface area contributed by atoms with Crippen LogP contribution in [0.2, 0.25) is 0 Å². The van der Waals surface area contributed by atoms with Crippen LogP contribution < -0.4 is 0 Å². The maximum Gasteiger partial charge on any atom is 0.305 e. The number of esters is 1. The topological polar surface area (TPSA) is 116 Å². The molecule has 1 saturated heterocycles. The van der Waals surface area contributed by atoms with Gasteiger partial charge in [-0.3, -0.25) is 4.79 Å². The lowest BCUT2D eigenvalue weighted by Crippen LogP contribution is -2.47. The molecule has 0 saturated carbocycles. The number of hydrogen-bond donors (Lipinski definition) is 4. The summed E-state index contributed by atoms with van der Waals surface area (Å²) in [5.74, 6) is -2.65. The third-order valence-electron chi connectivity index (χ3n) is 6.13. The summed E-state index contributed by atoms with van der Waals surface area (Å²) >= 11 is 0. The van der Waals surface area contributed by atoms with Crippen molar-refractivity contribution in [3.05, 3.63) is 0 Å². The smallest absolute Gasteiger partial charge is 0.305 e. The Morgan fingerprint density at radius 2 is 1.29 bits per heavy atom. The average Bonchev–Trinajstić information content (AvgIpc) is 2.99. The Bertz CT molecular complexity index is 459. The van der Waals surface area contributed by atoms with Crippen LogP contribution in [0.1, 0.15) is 110 Å². The van der Waals surface area contributed by atoms with Crippen LogP contribution in [-0.4, -0.2) is 63.7 Å². The summed E-state index contributed by atoms with van der Waals surface area (Å²) in [6.45, 7) is 1.13. The van der Waals surface area contributed by atoms with E-state index in [1.165, 1.54) is 77.0 Å². The molecule has 0 radical (unpaired) electrons. The average molecular weight is 447 g/mol. The largest absolute Gasteiger partial charge is 0.460 e. The highest BCUT2D eigenvalue weighted by Crippen LogP contribution is 2.29. The van der Waals surface area contributed by atoms with Crippen molar-refractivity contribution in [2.24, 2.45) is 0 Å². The second-order valence-electron chi connectivity index (χ2n) is 8.98. The van der Waals surface area contributed by atoms with Gasteiger partial charge in [-0.05, 0) is 6.42 Å². The number of aliphatic hydroxyl groups excluding tert-OH is 3. The van der Waals surface area contributed by atoms with Gasteiger partial charge in [-0.2, -0.15) is 0 Å². The Kier molecular flexibility index (Phi) is 15.4. The van der Waals surface area contributed by atoms with Gasteiger partial charge in [-0.15, -0.1) is 0 Å². The lowest BCUT2D eigenvalue weighted by Gasteiger charge is -2.25. The number of carbonyl (C=O) groups excluding carboxylic acids is 1. The molecule has 4 N–H and O–H groups in total. The summed E-state index contributed by atoms with van der Waals surface area (Å²) in [6.07, 6.45) is 14.9. The molecule has 1 aliphatic rings. The second kappa shape index (κ2) is 16.8. The molecule has 1 fully saturated rings. The van der Waals surface area contributed by atoms with Gasteiger partial charge in [0.25, 0.3) is 0 Å². The summed E-state index contributed by atoms with van der Waals surface area (Å²) in [7, 11) is 0. The minimum absolute atomic E-state index is 0.246. The van der Waals surface area contributed by atoms with E-state index >= 15 is 0 Å². The van der Waals surface area contributed by atoms with Crippen molar-refractivity contribution in [3.63, 3.8) is 0 Å². The molecule has 7 nitrogen and oxygen atoms in total. The Morgan fingerprint density at radius 3 is 1.71 bits per heavy atom. The molecule has 0 aliphatic carbocycles. The predicted octanol–water partition coefficient (Wildman–Crippen LogP) is 3.59. The van der Waals surface area contributed by atoms with Gasteiger partial charge in [0.15, 0.2) is 0 Å². The molecule has 0 aromatic rings. The number of aliphatic hydroxyl groups is 4. The highest BCUT2D eigenvalue weighted by molar-refractivity contribution is 5.69. The zero-order chi connectivity index (χ0) is 23.0. The molecule has 0 aromatic carbocycles. The molecule has 1 heterocycles. The monoisotopic (exact) mass is 446 g/mol. The summed E-state index contributed by atoms with van der Waals surface area (Å²) in [4.78, 5) is 11.8. The van der Waals surface area contributed by atoms with Crippen LogP contribution in [0, 0.1) is 0 Å². The Hall–Kier alpha value is -0.730. The summed E-state index contributed by atoms with van der Waals surface area (Å²) in [6, 6.07) is 0. The normalized spacial score (nSPS) is 25.8. The van der Waals surface area contributed by atoms with Crippen molar-refractivity contribution in [1.29, 1.82) is 0 Å². The van der Waals surface area contributed by atoms with Crippen LogP contribution in [0.5, 0.6) is 0 Å². The predicted molar refractivity (Wildman–Crippen MR) is 119 cm³/mol. The fourth-order valence-electron chi connectivity index (χ4n) is 4.03. The second-order valence-corrected chi connectivity index (χ2v) is 8.98. The summed E-state index contributed by atoms with van der Waals surface area (Å²) < 4.78 is 10.0. The number of rotatable bonds is 19. The molecular weight excluding hydrogens is 400 g/mol. The summed E-state index contributed by atoms with van der Waals surface area (Å²) in [5.41, 5.74) is 0. The Balaban J connectivity index is 1.91. The van der Waals surface area contributed by atoms with Crippen LogP contribution >= 0.6 is 0 Å². The SMILES string of the molecule is CCCCCCCCCCCCCCCCCC(=O)OC[C@@]1(O)O[C@H](CO)[C@@H](O)[C@@H]1O. The first-order valence-corrected chi connectivity index (χ1v) is 12.5. The van der Waals surface area contributed by atoms with Gasteiger partial charge in [0.2, 0.25) is 5.79 Å². The fourth-order valence-corrected chi connectivity index (χ4v) is 4.03. The van der Waals surface area contributed by atoms with Gasteiger partial charge in [0.1, 0.15) is 24.9 Å². The number of ether oxygens (including phenoxy) is 2. The highest BCUT2D eigenvalue weighted by Gasteiger charge is 2.54. The van der Waals surface area contributed by atoms with Crippen molar-refractivity contribution < 1.29 is 34.7 Å². The molecule has 7 heteroatoms. The Morgan fingerprint density at radius 1 is 0.839 bits per heavy atom. The van der Waals surface area contributed by atoms with E-state index in [0.29, 0.717) is 0 Å². The van der Waals surface area contributed by atoms with Crippen LogP contribution in [-0.2, 0) is 14.3 Å². The van der Waals surface area contributed by atoms with Crippen LogP contribution in [0.3, 0.4) is 0 Å². The molecule has 0 spiro atoms. The zero-order valence-corrected chi connectivity index (χ0v) is 19.5. The van der Waals surface area contributed by atoms with Crippen LogP contribution in [0.4, 0.5) is 0 Å². The van der Waals surface area contributed by atoms with Crippen molar-refractivity contribution in [2.45, 2.75) is 134 Å². The van der Waals surface area contributed by atoms with E-state index in [4.69, 9.17) is 14.6 Å². The van der Waals surface area contributed by atoms with Gasteiger partial charge < -0.3 is 29.9 Å². The third kappa shape index (κ3) is 11.6. The van der Waals surface area contributed by atoms with E-state index in [-0.39, 0.29) is 6.42 Å². The quantitative estimate of drug-likeness (QED) is 0.177. The number of unbranched alkanes of at least 4 members (excludes halogenated alkanes) is 14. The molecule has 0 aromatic heterocycles. The first-order chi connectivity index (χ1) is 14.9. The van der Waals surface area contributed by atoms with E-state index in [0.717, 1.165) is 19.3 Å². The standard InChI is InChI=1S/C24H46O7/c1-2-3-4-5-6-7-8-9-10-11-12-13-14-15-16-17-21(26)30-19-24(29)23(28)22(27)20(18-25)31-24/h20,22-23,25,27-29H,2-19H2,1H3/t20-,22-,23+,24-/m1/s1.